The quantitative estimate of drug-likeness (QED) is 0.717. The Hall–Kier alpha value is -2.29. The number of hydrogen-bond acceptors (Lipinski definition) is 6. The maximum Gasteiger partial charge on any atom is 0.231 e. The molecule has 1 fully saturated rings. The average Bonchev–Trinajstić information content (AvgIpc) is 3.21. The van der Waals surface area contributed by atoms with E-state index in [1.54, 1.807) is 23.1 Å². The van der Waals surface area contributed by atoms with Crippen LogP contribution < -0.4 is 14.4 Å². The smallest absolute Gasteiger partial charge is 0.231 e. The van der Waals surface area contributed by atoms with Gasteiger partial charge in [0.2, 0.25) is 18.6 Å². The Morgan fingerprint density at radius 1 is 1.22 bits per heavy atom. The number of nitrogens with zero attached hydrogens (tertiary/aromatic N) is 2. The van der Waals surface area contributed by atoms with Gasteiger partial charge in [0.05, 0.1) is 11.5 Å². The van der Waals surface area contributed by atoms with E-state index in [4.69, 9.17) is 9.47 Å². The van der Waals surface area contributed by atoms with Crippen LogP contribution in [0.15, 0.2) is 18.2 Å². The topological polar surface area (TPSA) is 93.2 Å². The molecule has 0 N–H and O–H groups in total. The van der Waals surface area contributed by atoms with E-state index in [1.165, 1.54) is 11.8 Å². The van der Waals surface area contributed by atoms with Gasteiger partial charge >= 0.3 is 0 Å². The summed E-state index contributed by atoms with van der Waals surface area (Å²) in [4.78, 5) is 27.9. The monoisotopic (exact) mass is 396 g/mol. The molecule has 0 radical (unpaired) electrons. The Labute approximate surface area is 158 Å². The minimum Gasteiger partial charge on any atom is -0.454 e. The average molecular weight is 396 g/mol. The van der Waals surface area contributed by atoms with Crippen LogP contribution in [0.5, 0.6) is 11.5 Å². The molecule has 0 aromatic heterocycles. The molecule has 2 heterocycles. The van der Waals surface area contributed by atoms with E-state index in [-0.39, 0.29) is 49.1 Å². The fraction of sp³-hybridized carbons (Fsp3) is 0.556. The summed E-state index contributed by atoms with van der Waals surface area (Å²) in [6.07, 6.45) is 0.596. The van der Waals surface area contributed by atoms with E-state index in [2.05, 4.69) is 0 Å². The molecule has 27 heavy (non-hydrogen) atoms. The Bertz CT molecular complexity index is 838. The fourth-order valence-electron chi connectivity index (χ4n) is 3.53. The van der Waals surface area contributed by atoms with Crippen molar-refractivity contribution in [3.05, 3.63) is 18.2 Å². The minimum absolute atomic E-state index is 0.0190. The number of amides is 2. The Morgan fingerprint density at radius 3 is 2.59 bits per heavy atom. The van der Waals surface area contributed by atoms with Crippen molar-refractivity contribution in [3.8, 4) is 11.5 Å². The van der Waals surface area contributed by atoms with Gasteiger partial charge in [0.15, 0.2) is 21.3 Å². The normalized spacial score (nSPS) is 19.7. The van der Waals surface area contributed by atoms with Crippen molar-refractivity contribution in [2.45, 2.75) is 32.7 Å². The Morgan fingerprint density at radius 2 is 1.96 bits per heavy atom. The van der Waals surface area contributed by atoms with E-state index in [0.29, 0.717) is 30.2 Å². The van der Waals surface area contributed by atoms with E-state index in [1.807, 2.05) is 6.92 Å². The van der Waals surface area contributed by atoms with Crippen LogP contribution in [0.4, 0.5) is 5.69 Å². The number of ether oxygens (including phenoxy) is 2. The van der Waals surface area contributed by atoms with Gasteiger partial charge in [-0.1, -0.05) is 0 Å². The fourth-order valence-corrected chi connectivity index (χ4v) is 5.26. The van der Waals surface area contributed by atoms with Crippen molar-refractivity contribution >= 4 is 27.3 Å². The van der Waals surface area contributed by atoms with Gasteiger partial charge in [-0.25, -0.2) is 8.42 Å². The summed E-state index contributed by atoms with van der Waals surface area (Å²) >= 11 is 0. The lowest BCUT2D eigenvalue weighted by molar-refractivity contribution is -0.132. The predicted molar refractivity (Wildman–Crippen MR) is 99.7 cm³/mol. The highest BCUT2D eigenvalue weighted by atomic mass is 32.2. The van der Waals surface area contributed by atoms with Crippen LogP contribution in [-0.2, 0) is 19.4 Å². The van der Waals surface area contributed by atoms with Gasteiger partial charge in [-0.05, 0) is 25.5 Å². The molecule has 0 bridgehead atoms. The van der Waals surface area contributed by atoms with Gasteiger partial charge < -0.3 is 19.3 Å². The molecular formula is C18H24N2O6S. The van der Waals surface area contributed by atoms with Crippen LogP contribution in [0.25, 0.3) is 0 Å². The van der Waals surface area contributed by atoms with Crippen LogP contribution >= 0.6 is 0 Å². The Kier molecular flexibility index (Phi) is 5.59. The molecule has 0 aliphatic carbocycles. The van der Waals surface area contributed by atoms with Crippen molar-refractivity contribution in [1.82, 2.24) is 4.90 Å². The summed E-state index contributed by atoms with van der Waals surface area (Å²) in [5.41, 5.74) is 0.631. The Balaban J connectivity index is 1.67. The molecule has 148 valence electrons. The first kappa shape index (κ1) is 19.5. The van der Waals surface area contributed by atoms with Crippen LogP contribution in [0.2, 0.25) is 0 Å². The van der Waals surface area contributed by atoms with E-state index in [9.17, 15) is 18.0 Å². The largest absolute Gasteiger partial charge is 0.454 e. The van der Waals surface area contributed by atoms with Crippen molar-refractivity contribution in [2.75, 3.05) is 36.3 Å². The zero-order valence-electron chi connectivity index (χ0n) is 15.5. The summed E-state index contributed by atoms with van der Waals surface area (Å²) in [7, 11) is -3.06. The summed E-state index contributed by atoms with van der Waals surface area (Å²) in [5.74, 6) is 0.998. The maximum atomic E-state index is 12.7. The van der Waals surface area contributed by atoms with Crippen molar-refractivity contribution < 1.29 is 27.5 Å². The predicted octanol–water partition coefficient (Wildman–Crippen LogP) is 1.19. The van der Waals surface area contributed by atoms with E-state index < -0.39 is 9.84 Å². The van der Waals surface area contributed by atoms with E-state index in [0.717, 1.165) is 0 Å². The molecule has 0 saturated carbocycles. The molecule has 8 nitrogen and oxygen atoms in total. The zero-order valence-corrected chi connectivity index (χ0v) is 16.3. The number of anilines is 1. The maximum absolute atomic E-state index is 12.7. The summed E-state index contributed by atoms with van der Waals surface area (Å²) in [5, 5.41) is 0. The first-order valence-corrected chi connectivity index (χ1v) is 10.8. The second-order valence-electron chi connectivity index (χ2n) is 6.69. The van der Waals surface area contributed by atoms with Crippen molar-refractivity contribution in [1.29, 1.82) is 0 Å². The third kappa shape index (κ3) is 4.35. The molecule has 1 aromatic rings. The number of hydrogen-bond donors (Lipinski definition) is 0. The molecule has 3 rings (SSSR count). The number of fused-ring (bicyclic) bond motifs is 1. The highest BCUT2D eigenvalue weighted by Gasteiger charge is 2.34. The number of carbonyl (C=O) groups is 2. The number of carbonyl (C=O) groups excluding carboxylic acids is 2. The van der Waals surface area contributed by atoms with Crippen LogP contribution in [0.1, 0.15) is 26.7 Å². The molecule has 2 aliphatic heterocycles. The lowest BCUT2D eigenvalue weighted by Crippen LogP contribution is -2.42. The van der Waals surface area contributed by atoms with Gasteiger partial charge in [-0.3, -0.25) is 9.59 Å². The van der Waals surface area contributed by atoms with Crippen molar-refractivity contribution in [3.63, 3.8) is 0 Å². The van der Waals surface area contributed by atoms with E-state index >= 15 is 0 Å². The molecule has 0 spiro atoms. The third-order valence-corrected chi connectivity index (χ3v) is 6.66. The van der Waals surface area contributed by atoms with Gasteiger partial charge in [0.1, 0.15) is 0 Å². The highest BCUT2D eigenvalue weighted by molar-refractivity contribution is 7.91. The molecule has 2 amide bonds. The summed E-state index contributed by atoms with van der Waals surface area (Å²) in [6, 6.07) is 4.93. The van der Waals surface area contributed by atoms with Crippen LogP contribution in [-0.4, -0.2) is 62.6 Å². The van der Waals surface area contributed by atoms with Crippen LogP contribution in [0, 0.1) is 0 Å². The standard InChI is InChI=1S/C18H24N2O6S/c1-3-19(15-7-9-27(23,24)11-15)18(22)6-8-20(13(2)21)14-4-5-16-17(10-14)26-12-25-16/h4-5,10,15H,3,6-9,11-12H2,1-2H3. The third-order valence-electron chi connectivity index (χ3n) is 4.91. The molecule has 1 aromatic carbocycles. The molecule has 2 aliphatic rings. The number of rotatable bonds is 6. The lowest BCUT2D eigenvalue weighted by Gasteiger charge is -2.28. The molecule has 9 heteroatoms. The number of sulfone groups is 1. The van der Waals surface area contributed by atoms with Gasteiger partial charge in [0, 0.05) is 44.2 Å². The number of benzene rings is 1. The SMILES string of the molecule is CCN(C(=O)CCN(C(C)=O)c1ccc2c(c1)OCO2)C1CCS(=O)(=O)C1. The summed E-state index contributed by atoms with van der Waals surface area (Å²) < 4.78 is 34.0. The van der Waals surface area contributed by atoms with Crippen LogP contribution in [0.3, 0.4) is 0 Å². The van der Waals surface area contributed by atoms with Gasteiger partial charge in [0.25, 0.3) is 0 Å². The zero-order chi connectivity index (χ0) is 19.6. The molecule has 1 unspecified atom stereocenters. The molecular weight excluding hydrogens is 372 g/mol. The van der Waals surface area contributed by atoms with Crippen molar-refractivity contribution in [2.24, 2.45) is 0 Å². The second-order valence-corrected chi connectivity index (χ2v) is 8.92. The first-order chi connectivity index (χ1) is 12.8. The summed E-state index contributed by atoms with van der Waals surface area (Å²) in [6.45, 7) is 4.08. The van der Waals surface area contributed by atoms with Gasteiger partial charge in [-0.2, -0.15) is 0 Å². The minimum atomic E-state index is -3.06. The first-order valence-electron chi connectivity index (χ1n) is 8.98. The van der Waals surface area contributed by atoms with Gasteiger partial charge in [-0.15, -0.1) is 0 Å². The highest BCUT2D eigenvalue weighted by Crippen LogP contribution is 2.35. The second kappa shape index (κ2) is 7.75. The molecule has 1 atom stereocenters. The molecule has 1 saturated heterocycles. The lowest BCUT2D eigenvalue weighted by atomic mass is 10.2.